The molecule has 0 amide bonds. The molecule has 1 aromatic rings. The summed E-state index contributed by atoms with van der Waals surface area (Å²) in [7, 11) is 0.809. The molecule has 0 aromatic carbocycles. The second-order valence-electron chi connectivity index (χ2n) is 4.51. The van der Waals surface area contributed by atoms with Crippen LogP contribution in [0.5, 0.6) is 0 Å². The molecule has 0 bridgehead atoms. The van der Waals surface area contributed by atoms with E-state index in [0.717, 1.165) is 11.4 Å². The first kappa shape index (κ1) is 14.9. The zero-order chi connectivity index (χ0) is 13.8. The van der Waals surface area contributed by atoms with Crippen molar-refractivity contribution in [2.24, 2.45) is 0 Å². The fraction of sp³-hybridized carbons (Fsp3) is 0.583. The zero-order valence-electron chi connectivity index (χ0n) is 11.3. The Morgan fingerprint density at radius 2 is 2.17 bits per heavy atom. The smallest absolute Gasteiger partial charge is 0.149 e. The van der Waals surface area contributed by atoms with Crippen molar-refractivity contribution in [2.45, 2.75) is 13.0 Å². The maximum absolute atomic E-state index is 11.1. The second kappa shape index (κ2) is 6.15. The number of anilines is 1. The summed E-state index contributed by atoms with van der Waals surface area (Å²) in [4.78, 5) is 6.11. The van der Waals surface area contributed by atoms with Crippen LogP contribution in [0.1, 0.15) is 18.5 Å². The number of sulfone groups is 1. The molecule has 1 N–H and O–H groups in total. The summed E-state index contributed by atoms with van der Waals surface area (Å²) in [6, 6.07) is 4.17. The molecule has 1 rings (SSSR count). The topological polar surface area (TPSA) is 62.3 Å². The van der Waals surface area contributed by atoms with Gasteiger partial charge in [-0.15, -0.1) is 0 Å². The van der Waals surface area contributed by atoms with E-state index in [-0.39, 0.29) is 11.8 Å². The monoisotopic (exact) mass is 271 g/mol. The fourth-order valence-electron chi connectivity index (χ4n) is 1.50. The maximum Gasteiger partial charge on any atom is 0.149 e. The average Bonchev–Trinajstić information content (AvgIpc) is 2.34. The third-order valence-corrected chi connectivity index (χ3v) is 3.82. The number of hydrogen-bond donors (Lipinski definition) is 1. The van der Waals surface area contributed by atoms with Crippen LogP contribution in [0, 0.1) is 0 Å². The van der Waals surface area contributed by atoms with Gasteiger partial charge in [0.05, 0.1) is 5.75 Å². The minimum absolute atomic E-state index is 0.136. The Morgan fingerprint density at radius 3 is 2.72 bits per heavy atom. The van der Waals surface area contributed by atoms with Crippen molar-refractivity contribution in [2.75, 3.05) is 37.5 Å². The van der Waals surface area contributed by atoms with Gasteiger partial charge >= 0.3 is 0 Å². The van der Waals surface area contributed by atoms with Gasteiger partial charge in [-0.25, -0.2) is 13.4 Å². The van der Waals surface area contributed by atoms with E-state index in [4.69, 9.17) is 0 Å². The van der Waals surface area contributed by atoms with Gasteiger partial charge in [0, 0.05) is 32.1 Å². The molecule has 1 heterocycles. The van der Waals surface area contributed by atoms with E-state index < -0.39 is 9.84 Å². The SMILES string of the molecule is CNC(C)c1ccnc(N(C)CCS(C)(=O)=O)c1. The van der Waals surface area contributed by atoms with E-state index in [1.807, 2.05) is 31.1 Å². The average molecular weight is 271 g/mol. The van der Waals surface area contributed by atoms with Crippen LogP contribution in [0.15, 0.2) is 18.3 Å². The third kappa shape index (κ3) is 4.62. The summed E-state index contributed by atoms with van der Waals surface area (Å²) in [5.74, 6) is 0.926. The van der Waals surface area contributed by atoms with Crippen LogP contribution in [-0.4, -0.2) is 46.1 Å². The van der Waals surface area contributed by atoms with E-state index in [9.17, 15) is 8.42 Å². The highest BCUT2D eigenvalue weighted by atomic mass is 32.2. The second-order valence-corrected chi connectivity index (χ2v) is 6.77. The first-order chi connectivity index (χ1) is 8.33. The van der Waals surface area contributed by atoms with Gasteiger partial charge in [0.15, 0.2) is 0 Å². The summed E-state index contributed by atoms with van der Waals surface area (Å²) in [5, 5.41) is 3.16. The van der Waals surface area contributed by atoms with Crippen LogP contribution in [0.4, 0.5) is 5.82 Å². The van der Waals surface area contributed by atoms with Crippen LogP contribution in [0.2, 0.25) is 0 Å². The van der Waals surface area contributed by atoms with Crippen molar-refractivity contribution in [3.05, 3.63) is 23.9 Å². The van der Waals surface area contributed by atoms with Crippen molar-refractivity contribution >= 4 is 15.7 Å². The summed E-state index contributed by atoms with van der Waals surface area (Å²) in [5.41, 5.74) is 1.13. The van der Waals surface area contributed by atoms with E-state index >= 15 is 0 Å². The molecule has 5 nitrogen and oxygen atoms in total. The summed E-state index contributed by atoms with van der Waals surface area (Å²) in [6.07, 6.45) is 2.99. The van der Waals surface area contributed by atoms with Gasteiger partial charge in [0.25, 0.3) is 0 Å². The summed E-state index contributed by atoms with van der Waals surface area (Å²) < 4.78 is 22.3. The molecule has 1 aromatic heterocycles. The van der Waals surface area contributed by atoms with E-state index in [2.05, 4.69) is 17.2 Å². The Balaban J connectivity index is 2.77. The first-order valence-electron chi connectivity index (χ1n) is 5.85. The molecule has 0 spiro atoms. The Bertz CT molecular complexity index is 488. The molecule has 0 fully saturated rings. The zero-order valence-corrected chi connectivity index (χ0v) is 12.2. The Morgan fingerprint density at radius 1 is 1.50 bits per heavy atom. The normalized spacial score (nSPS) is 13.3. The van der Waals surface area contributed by atoms with Crippen molar-refractivity contribution in [3.63, 3.8) is 0 Å². The molecule has 1 unspecified atom stereocenters. The maximum atomic E-state index is 11.1. The molecule has 0 aliphatic rings. The Labute approximate surface area is 109 Å². The molecule has 0 saturated heterocycles. The Kier molecular flexibility index (Phi) is 5.10. The van der Waals surface area contributed by atoms with Gasteiger partial charge in [0.1, 0.15) is 15.7 Å². The third-order valence-electron chi connectivity index (χ3n) is 2.89. The van der Waals surface area contributed by atoms with Crippen LogP contribution in [0.3, 0.4) is 0 Å². The van der Waals surface area contributed by atoms with Crippen LogP contribution in [-0.2, 0) is 9.84 Å². The lowest BCUT2D eigenvalue weighted by atomic mass is 10.1. The van der Waals surface area contributed by atoms with E-state index in [0.29, 0.717) is 6.54 Å². The summed E-state index contributed by atoms with van der Waals surface area (Å²) in [6.45, 7) is 2.51. The number of nitrogens with one attached hydrogen (secondary N) is 1. The highest BCUT2D eigenvalue weighted by molar-refractivity contribution is 7.90. The molecule has 0 aliphatic carbocycles. The van der Waals surface area contributed by atoms with Crippen LogP contribution < -0.4 is 10.2 Å². The van der Waals surface area contributed by atoms with Gasteiger partial charge in [0.2, 0.25) is 0 Å². The van der Waals surface area contributed by atoms with Gasteiger partial charge in [-0.3, -0.25) is 0 Å². The quantitative estimate of drug-likeness (QED) is 0.831. The van der Waals surface area contributed by atoms with Crippen molar-refractivity contribution in [1.82, 2.24) is 10.3 Å². The van der Waals surface area contributed by atoms with Gasteiger partial charge < -0.3 is 10.2 Å². The van der Waals surface area contributed by atoms with Crippen molar-refractivity contribution < 1.29 is 8.42 Å². The van der Waals surface area contributed by atoms with Gasteiger partial charge in [-0.2, -0.15) is 0 Å². The standard InChI is InChI=1S/C12H21N3O2S/c1-10(13-2)11-5-6-14-12(9-11)15(3)7-8-18(4,16)17/h5-6,9-10,13H,7-8H2,1-4H3. The Hall–Kier alpha value is -1.14. The number of pyridine rings is 1. The van der Waals surface area contributed by atoms with Crippen LogP contribution in [0.25, 0.3) is 0 Å². The minimum Gasteiger partial charge on any atom is -0.359 e. The predicted molar refractivity (Wildman–Crippen MR) is 74.7 cm³/mol. The van der Waals surface area contributed by atoms with Gasteiger partial charge in [-0.05, 0) is 31.7 Å². The molecular weight excluding hydrogens is 250 g/mol. The first-order valence-corrected chi connectivity index (χ1v) is 7.91. The largest absolute Gasteiger partial charge is 0.359 e. The molecule has 0 aliphatic heterocycles. The lowest BCUT2D eigenvalue weighted by Crippen LogP contribution is -2.26. The van der Waals surface area contributed by atoms with Crippen LogP contribution >= 0.6 is 0 Å². The molecule has 0 radical (unpaired) electrons. The number of hydrogen-bond acceptors (Lipinski definition) is 5. The fourth-order valence-corrected chi connectivity index (χ4v) is 2.10. The minimum atomic E-state index is -2.94. The molecule has 0 saturated carbocycles. The molecule has 102 valence electrons. The van der Waals surface area contributed by atoms with Crippen molar-refractivity contribution in [1.29, 1.82) is 0 Å². The lowest BCUT2D eigenvalue weighted by molar-refractivity contribution is 0.601. The predicted octanol–water partition coefficient (Wildman–Crippen LogP) is 0.843. The number of aromatic nitrogens is 1. The number of rotatable bonds is 6. The molecule has 1 atom stereocenters. The van der Waals surface area contributed by atoms with Gasteiger partial charge in [-0.1, -0.05) is 0 Å². The van der Waals surface area contributed by atoms with E-state index in [1.54, 1.807) is 6.20 Å². The highest BCUT2D eigenvalue weighted by Gasteiger charge is 2.09. The number of nitrogens with zero attached hydrogens (tertiary/aromatic N) is 2. The molecular formula is C12H21N3O2S. The van der Waals surface area contributed by atoms with Crippen molar-refractivity contribution in [3.8, 4) is 0 Å². The molecule has 18 heavy (non-hydrogen) atoms. The highest BCUT2D eigenvalue weighted by Crippen LogP contribution is 2.16. The lowest BCUT2D eigenvalue weighted by Gasteiger charge is -2.19. The van der Waals surface area contributed by atoms with E-state index in [1.165, 1.54) is 6.26 Å². The molecule has 6 heteroatoms. The summed E-state index contributed by atoms with van der Waals surface area (Å²) >= 11 is 0.